The molecule has 1 saturated heterocycles. The summed E-state index contributed by atoms with van der Waals surface area (Å²) in [5, 5.41) is 10.1. The van der Waals surface area contributed by atoms with Gasteiger partial charge in [0.15, 0.2) is 10.6 Å². The van der Waals surface area contributed by atoms with Crippen LogP contribution in [0.3, 0.4) is 0 Å². The van der Waals surface area contributed by atoms with Crippen LogP contribution in [0, 0.1) is 18.6 Å². The van der Waals surface area contributed by atoms with Gasteiger partial charge in [-0.2, -0.15) is 5.10 Å². The van der Waals surface area contributed by atoms with Crippen molar-refractivity contribution in [2.24, 2.45) is 0 Å². The lowest BCUT2D eigenvalue weighted by Gasteiger charge is -2.35. The van der Waals surface area contributed by atoms with Crippen molar-refractivity contribution in [3.63, 3.8) is 0 Å². The Morgan fingerprint density at radius 3 is 2.48 bits per heavy atom. The number of likely N-dealkylation sites (N-methyl/N-ethyl adjacent to an activating group) is 1. The van der Waals surface area contributed by atoms with E-state index in [1.54, 1.807) is 4.57 Å². The van der Waals surface area contributed by atoms with Crippen LogP contribution in [0.4, 0.5) is 11.4 Å². The summed E-state index contributed by atoms with van der Waals surface area (Å²) < 4.78 is 2.15. The second-order valence-corrected chi connectivity index (χ2v) is 8.53. The molecule has 1 aliphatic heterocycles. The number of hydrogen-bond donors (Lipinski definition) is 2. The van der Waals surface area contributed by atoms with E-state index in [9.17, 15) is 4.79 Å². The van der Waals surface area contributed by atoms with Gasteiger partial charge >= 0.3 is 0 Å². The number of benzene rings is 2. The highest BCUT2D eigenvalue weighted by molar-refractivity contribution is 7.71. The summed E-state index contributed by atoms with van der Waals surface area (Å²) in [6.07, 6.45) is 0. The summed E-state index contributed by atoms with van der Waals surface area (Å²) in [5.74, 6) is 0.513. The molecule has 2 heterocycles. The summed E-state index contributed by atoms with van der Waals surface area (Å²) in [6, 6.07) is 14.1. The largest absolute Gasteiger partial charge is 0.369 e. The van der Waals surface area contributed by atoms with Gasteiger partial charge in [0.05, 0.1) is 0 Å². The molecule has 1 fully saturated rings. The van der Waals surface area contributed by atoms with Crippen molar-refractivity contribution >= 4 is 29.5 Å². The SMILES string of the molecule is Cc1ccc(-c2n[nH]c(=S)n2CC(=O)Nc2ccc(N3CCN(C)CC3)c(C)c2)cc1. The Morgan fingerprint density at radius 2 is 1.81 bits per heavy atom. The Bertz CT molecular complexity index is 1130. The van der Waals surface area contributed by atoms with E-state index in [-0.39, 0.29) is 12.5 Å². The third-order valence-electron chi connectivity index (χ3n) is 5.69. The van der Waals surface area contributed by atoms with Crippen LogP contribution in [0.5, 0.6) is 0 Å². The van der Waals surface area contributed by atoms with Crippen LogP contribution < -0.4 is 10.2 Å². The van der Waals surface area contributed by atoms with Gasteiger partial charge in [-0.25, -0.2) is 0 Å². The van der Waals surface area contributed by atoms with Gasteiger partial charge in [-0.05, 0) is 56.9 Å². The van der Waals surface area contributed by atoms with Crippen LogP contribution >= 0.6 is 12.2 Å². The smallest absolute Gasteiger partial charge is 0.244 e. The zero-order chi connectivity index (χ0) is 22.0. The Balaban J connectivity index is 1.46. The normalized spacial score (nSPS) is 14.6. The average molecular weight is 437 g/mol. The molecule has 8 heteroatoms. The number of H-pyrrole nitrogens is 1. The molecule has 1 amide bonds. The fourth-order valence-electron chi connectivity index (χ4n) is 3.87. The number of aryl methyl sites for hydroxylation is 2. The molecule has 1 aromatic heterocycles. The van der Waals surface area contributed by atoms with Gasteiger partial charge < -0.3 is 15.1 Å². The molecule has 31 heavy (non-hydrogen) atoms. The molecular weight excluding hydrogens is 408 g/mol. The highest BCUT2D eigenvalue weighted by Crippen LogP contribution is 2.25. The monoisotopic (exact) mass is 436 g/mol. The third-order valence-corrected chi connectivity index (χ3v) is 6.01. The number of carbonyl (C=O) groups is 1. The molecule has 2 N–H and O–H groups in total. The standard InChI is InChI=1S/C23H28N6OS/c1-16-4-6-18(7-5-16)22-25-26-23(31)29(22)15-21(30)24-19-8-9-20(17(2)14-19)28-12-10-27(3)11-13-28/h4-9,14H,10-13,15H2,1-3H3,(H,24,30)(H,26,31). The predicted octanol–water partition coefficient (Wildman–Crippen LogP) is 3.62. The number of amides is 1. The van der Waals surface area contributed by atoms with E-state index in [0.29, 0.717) is 10.6 Å². The molecule has 0 unspecified atom stereocenters. The van der Waals surface area contributed by atoms with E-state index in [1.807, 2.05) is 43.3 Å². The highest BCUT2D eigenvalue weighted by atomic mass is 32.1. The number of rotatable bonds is 5. The molecule has 0 saturated carbocycles. The first-order valence-corrected chi connectivity index (χ1v) is 10.9. The fraction of sp³-hybridized carbons (Fsp3) is 0.348. The fourth-order valence-corrected chi connectivity index (χ4v) is 4.06. The summed E-state index contributed by atoms with van der Waals surface area (Å²) in [6.45, 7) is 8.38. The van der Waals surface area contributed by atoms with Gasteiger partial charge in [-0.15, -0.1) is 0 Å². The predicted molar refractivity (Wildman–Crippen MR) is 127 cm³/mol. The molecular formula is C23H28N6OS. The number of nitrogens with zero attached hydrogens (tertiary/aromatic N) is 4. The molecule has 1 aliphatic rings. The molecule has 0 spiro atoms. The van der Waals surface area contributed by atoms with Gasteiger partial charge in [-0.1, -0.05) is 29.8 Å². The number of aromatic amines is 1. The van der Waals surface area contributed by atoms with Crippen molar-refractivity contribution in [3.05, 3.63) is 58.4 Å². The number of carbonyl (C=O) groups excluding carboxylic acids is 1. The molecule has 162 valence electrons. The van der Waals surface area contributed by atoms with Crippen LogP contribution in [0.15, 0.2) is 42.5 Å². The third kappa shape index (κ3) is 4.86. The summed E-state index contributed by atoms with van der Waals surface area (Å²) >= 11 is 5.36. The van der Waals surface area contributed by atoms with Crippen molar-refractivity contribution in [2.75, 3.05) is 43.4 Å². The number of aromatic nitrogens is 3. The quantitative estimate of drug-likeness (QED) is 0.598. The minimum absolute atomic E-state index is 0.0950. The van der Waals surface area contributed by atoms with E-state index in [1.165, 1.54) is 5.69 Å². The van der Waals surface area contributed by atoms with Gasteiger partial charge in [-0.3, -0.25) is 14.5 Å². The average Bonchev–Trinajstić information content (AvgIpc) is 3.10. The van der Waals surface area contributed by atoms with Crippen molar-refractivity contribution in [1.29, 1.82) is 0 Å². The van der Waals surface area contributed by atoms with E-state index in [2.05, 4.69) is 45.4 Å². The zero-order valence-electron chi connectivity index (χ0n) is 18.2. The lowest BCUT2D eigenvalue weighted by Crippen LogP contribution is -2.44. The van der Waals surface area contributed by atoms with Crippen molar-refractivity contribution in [2.45, 2.75) is 20.4 Å². The van der Waals surface area contributed by atoms with Gasteiger partial charge in [0.1, 0.15) is 6.54 Å². The van der Waals surface area contributed by atoms with Gasteiger partial charge in [0.2, 0.25) is 5.91 Å². The Kier molecular flexibility index (Phi) is 6.20. The Morgan fingerprint density at radius 1 is 1.10 bits per heavy atom. The number of piperazine rings is 1. The van der Waals surface area contributed by atoms with E-state index < -0.39 is 0 Å². The molecule has 7 nitrogen and oxygen atoms in total. The first-order valence-electron chi connectivity index (χ1n) is 10.5. The molecule has 0 radical (unpaired) electrons. The van der Waals surface area contributed by atoms with Crippen LogP contribution in [-0.2, 0) is 11.3 Å². The van der Waals surface area contributed by atoms with Crippen LogP contribution in [0.2, 0.25) is 0 Å². The highest BCUT2D eigenvalue weighted by Gasteiger charge is 2.17. The van der Waals surface area contributed by atoms with Gasteiger partial charge in [0, 0.05) is 43.1 Å². The van der Waals surface area contributed by atoms with E-state index >= 15 is 0 Å². The van der Waals surface area contributed by atoms with Crippen LogP contribution in [0.25, 0.3) is 11.4 Å². The molecule has 0 atom stereocenters. The number of hydrogen-bond acceptors (Lipinski definition) is 5. The second-order valence-electron chi connectivity index (χ2n) is 8.14. The molecule has 0 aliphatic carbocycles. The van der Waals surface area contributed by atoms with Crippen molar-refractivity contribution in [3.8, 4) is 11.4 Å². The summed E-state index contributed by atoms with van der Waals surface area (Å²) in [4.78, 5) is 17.5. The maximum atomic E-state index is 12.8. The summed E-state index contributed by atoms with van der Waals surface area (Å²) in [7, 11) is 2.15. The van der Waals surface area contributed by atoms with Crippen LogP contribution in [-0.4, -0.2) is 58.8 Å². The molecule has 3 aromatic rings. The number of anilines is 2. The maximum absolute atomic E-state index is 12.8. The number of nitrogens with one attached hydrogen (secondary N) is 2. The minimum atomic E-state index is -0.141. The maximum Gasteiger partial charge on any atom is 0.244 e. The zero-order valence-corrected chi connectivity index (χ0v) is 19.0. The van der Waals surface area contributed by atoms with Crippen molar-refractivity contribution in [1.82, 2.24) is 19.7 Å². The van der Waals surface area contributed by atoms with E-state index in [4.69, 9.17) is 12.2 Å². The second kappa shape index (κ2) is 9.03. The molecule has 2 aromatic carbocycles. The molecule has 4 rings (SSSR count). The van der Waals surface area contributed by atoms with E-state index in [0.717, 1.165) is 48.6 Å². The first-order chi connectivity index (χ1) is 14.9. The molecule has 0 bridgehead atoms. The first kappa shape index (κ1) is 21.3. The van der Waals surface area contributed by atoms with Crippen molar-refractivity contribution < 1.29 is 4.79 Å². The Hall–Kier alpha value is -2.97. The van der Waals surface area contributed by atoms with Gasteiger partial charge in [0.25, 0.3) is 0 Å². The Labute approximate surface area is 187 Å². The lowest BCUT2D eigenvalue weighted by molar-refractivity contribution is -0.116. The lowest BCUT2D eigenvalue weighted by atomic mass is 10.1. The van der Waals surface area contributed by atoms with Crippen LogP contribution in [0.1, 0.15) is 11.1 Å². The minimum Gasteiger partial charge on any atom is -0.369 e. The topological polar surface area (TPSA) is 69.2 Å². The summed E-state index contributed by atoms with van der Waals surface area (Å²) in [5.41, 5.74) is 5.25.